The van der Waals surface area contributed by atoms with E-state index in [1.807, 2.05) is 0 Å². The van der Waals surface area contributed by atoms with Gasteiger partial charge in [-0.05, 0) is 54.1 Å². The lowest BCUT2D eigenvalue weighted by atomic mass is 9.95. The van der Waals surface area contributed by atoms with E-state index in [1.165, 1.54) is 0 Å². The van der Waals surface area contributed by atoms with Gasteiger partial charge in [0.15, 0.2) is 0 Å². The van der Waals surface area contributed by atoms with E-state index in [0.717, 1.165) is 121 Å². The molecule has 0 radical (unpaired) electrons. The summed E-state index contributed by atoms with van der Waals surface area (Å²) >= 11 is 0. The molecule has 5 heteroatoms. The molecule has 0 aliphatic heterocycles. The first kappa shape index (κ1) is 36.4. The zero-order valence-corrected chi connectivity index (χ0v) is 35.6. The highest BCUT2D eigenvalue weighted by Gasteiger charge is 2.34. The van der Waals surface area contributed by atoms with Crippen LogP contribution in [0.1, 0.15) is 0 Å². The van der Waals surface area contributed by atoms with Crippen LogP contribution >= 0.6 is 0 Å². The molecule has 0 amide bonds. The molecule has 0 unspecified atom stereocenters. The number of rotatable bonds is 5. The van der Waals surface area contributed by atoms with Crippen molar-refractivity contribution in [3.63, 3.8) is 0 Å². The molecule has 0 spiro atoms. The Hall–Kier alpha value is -9.11. The molecule has 0 N–H and O–H groups in total. The molecule has 14 rings (SSSR count). The predicted octanol–water partition coefficient (Wildman–Crippen LogP) is 16.3. The summed E-state index contributed by atoms with van der Waals surface area (Å²) < 4.78 is 9.80. The Labute approximate surface area is 379 Å². The van der Waals surface area contributed by atoms with Gasteiger partial charge in [0.1, 0.15) is 0 Å². The number of aromatic nitrogens is 4. The highest BCUT2D eigenvalue weighted by molar-refractivity contribution is 6.18. The lowest BCUT2D eigenvalue weighted by Crippen LogP contribution is -2.15. The Balaban J connectivity index is 1.38. The van der Waals surface area contributed by atoms with Crippen molar-refractivity contribution in [3.05, 3.63) is 236 Å². The maximum Gasteiger partial charge on any atom is 0.222 e. The Kier molecular flexibility index (Phi) is 7.69. The third-order valence-corrected chi connectivity index (χ3v) is 13.8. The molecule has 0 atom stereocenters. The van der Waals surface area contributed by atoms with Crippen molar-refractivity contribution in [3.8, 4) is 33.9 Å². The maximum atomic E-state index is 9.68. The molecule has 4 aromatic heterocycles. The third-order valence-electron chi connectivity index (χ3n) is 13.8. The average molecular weight is 840 g/mol. The van der Waals surface area contributed by atoms with Gasteiger partial charge in [-0.25, -0.2) is 4.85 Å². The fraction of sp³-hybridized carbons (Fsp3) is 0. The van der Waals surface area contributed by atoms with Crippen LogP contribution in [0.5, 0.6) is 0 Å². The molecule has 0 aliphatic carbocycles. The molecule has 0 aliphatic rings. The zero-order chi connectivity index (χ0) is 43.5. The molecule has 0 fully saturated rings. The van der Waals surface area contributed by atoms with Gasteiger partial charge in [0, 0.05) is 48.7 Å². The fourth-order valence-electron chi connectivity index (χ4n) is 11.2. The molecular weight excluding hydrogens is 803 g/mol. The first-order valence-electron chi connectivity index (χ1n) is 22.4. The summed E-state index contributed by atoms with van der Waals surface area (Å²) in [4.78, 5) is 4.82. The Morgan fingerprint density at radius 3 is 0.758 bits per heavy atom. The second kappa shape index (κ2) is 13.9. The van der Waals surface area contributed by atoms with Gasteiger partial charge < -0.3 is 18.3 Å². The van der Waals surface area contributed by atoms with Crippen LogP contribution in [0, 0.1) is 6.57 Å². The fourth-order valence-corrected chi connectivity index (χ4v) is 11.2. The van der Waals surface area contributed by atoms with E-state index < -0.39 is 0 Å². The largest absolute Gasteiger partial charge is 0.317 e. The van der Waals surface area contributed by atoms with Crippen molar-refractivity contribution in [1.82, 2.24) is 18.3 Å². The predicted molar refractivity (Wildman–Crippen MR) is 275 cm³/mol. The van der Waals surface area contributed by atoms with E-state index in [-0.39, 0.29) is 0 Å². The van der Waals surface area contributed by atoms with Crippen LogP contribution in [-0.4, -0.2) is 18.3 Å². The Morgan fingerprint density at radius 2 is 0.470 bits per heavy atom. The van der Waals surface area contributed by atoms with Gasteiger partial charge in [-0.3, -0.25) is 0 Å². The van der Waals surface area contributed by atoms with Crippen LogP contribution in [0.25, 0.3) is 126 Å². The van der Waals surface area contributed by atoms with Crippen LogP contribution in [-0.2, 0) is 0 Å². The molecule has 10 aromatic carbocycles. The van der Waals surface area contributed by atoms with Crippen molar-refractivity contribution in [2.24, 2.45) is 0 Å². The summed E-state index contributed by atoms with van der Waals surface area (Å²) in [6.07, 6.45) is 0. The van der Waals surface area contributed by atoms with Gasteiger partial charge in [-0.15, -0.1) is 0 Å². The molecule has 0 saturated heterocycles. The molecular formula is C61H37N5. The second-order valence-corrected chi connectivity index (χ2v) is 17.1. The van der Waals surface area contributed by atoms with Crippen LogP contribution in [0.2, 0.25) is 0 Å². The first-order chi connectivity index (χ1) is 32.8. The van der Waals surface area contributed by atoms with Gasteiger partial charge in [-0.1, -0.05) is 176 Å². The van der Waals surface area contributed by atoms with E-state index in [4.69, 9.17) is 4.85 Å². The standard InChI is InChI=1S/C61H37N5/c1-62-57-56(39-21-3-2-4-22-39)58(63-48-31-13-5-23-40(48)41-24-6-14-32-49(41)63)60(65-52-35-17-9-27-44(52)45-28-10-18-36-53(45)65)61(66-54-37-19-11-29-46(54)47-30-12-20-38-55(47)66)59(57)64-50-33-15-7-25-42(50)43-26-8-16-34-51(43)64/h2-38H. The number of para-hydroxylation sites is 8. The highest BCUT2D eigenvalue weighted by atomic mass is 15.1. The number of benzene rings is 10. The lowest BCUT2D eigenvalue weighted by Gasteiger charge is -2.29. The highest BCUT2D eigenvalue weighted by Crippen LogP contribution is 2.54. The van der Waals surface area contributed by atoms with Crippen molar-refractivity contribution in [2.45, 2.75) is 0 Å². The maximum absolute atomic E-state index is 9.68. The summed E-state index contributed by atoms with van der Waals surface area (Å²) in [7, 11) is 0. The SMILES string of the molecule is [C-]#[N+]c1c(-c2ccccc2)c(-n2c3ccccc3c3ccccc32)c(-n2c3ccccc3c3ccccc32)c(-n2c3ccccc3c3ccccc32)c1-n1c2ccccc2c2ccccc21. The van der Waals surface area contributed by atoms with E-state index in [0.29, 0.717) is 5.69 Å². The monoisotopic (exact) mass is 839 g/mol. The molecule has 0 saturated carbocycles. The smallest absolute Gasteiger partial charge is 0.222 e. The van der Waals surface area contributed by atoms with E-state index in [2.05, 4.69) is 243 Å². The van der Waals surface area contributed by atoms with Crippen LogP contribution < -0.4 is 0 Å². The minimum atomic E-state index is 0.561. The summed E-state index contributed by atoms with van der Waals surface area (Å²) in [5.74, 6) is 0. The number of nitrogens with zero attached hydrogens (tertiary/aromatic N) is 5. The van der Waals surface area contributed by atoms with Crippen molar-refractivity contribution < 1.29 is 0 Å². The molecule has 66 heavy (non-hydrogen) atoms. The van der Waals surface area contributed by atoms with Gasteiger partial charge in [0.25, 0.3) is 0 Å². The molecule has 0 bridgehead atoms. The average Bonchev–Trinajstić information content (AvgIpc) is 4.11. The van der Waals surface area contributed by atoms with Crippen molar-refractivity contribution in [1.29, 1.82) is 0 Å². The normalized spacial score (nSPS) is 11.9. The van der Waals surface area contributed by atoms with Gasteiger partial charge in [-0.2, -0.15) is 0 Å². The number of hydrogen-bond donors (Lipinski definition) is 0. The summed E-state index contributed by atoms with van der Waals surface area (Å²) in [6, 6.07) is 80.4. The first-order valence-corrected chi connectivity index (χ1v) is 22.4. The topological polar surface area (TPSA) is 24.1 Å². The van der Waals surface area contributed by atoms with E-state index in [9.17, 15) is 6.57 Å². The van der Waals surface area contributed by atoms with Gasteiger partial charge >= 0.3 is 0 Å². The van der Waals surface area contributed by atoms with Crippen LogP contribution in [0.15, 0.2) is 224 Å². The minimum Gasteiger partial charge on any atom is -0.317 e. The summed E-state index contributed by atoms with van der Waals surface area (Å²) in [5, 5.41) is 9.15. The van der Waals surface area contributed by atoms with Crippen molar-refractivity contribution in [2.75, 3.05) is 0 Å². The van der Waals surface area contributed by atoms with E-state index in [1.54, 1.807) is 0 Å². The van der Waals surface area contributed by atoms with Gasteiger partial charge in [0.2, 0.25) is 5.69 Å². The second-order valence-electron chi connectivity index (χ2n) is 17.1. The van der Waals surface area contributed by atoms with Crippen molar-refractivity contribution >= 4 is 92.9 Å². The molecule has 5 nitrogen and oxygen atoms in total. The van der Waals surface area contributed by atoms with E-state index >= 15 is 0 Å². The minimum absolute atomic E-state index is 0.561. The number of hydrogen-bond acceptors (Lipinski definition) is 0. The Bertz CT molecular complexity index is 4150. The zero-order valence-electron chi connectivity index (χ0n) is 35.6. The lowest BCUT2D eigenvalue weighted by molar-refractivity contribution is 1.03. The summed E-state index contributed by atoms with van der Waals surface area (Å²) in [6.45, 7) is 9.68. The quantitative estimate of drug-likeness (QED) is 0.154. The van der Waals surface area contributed by atoms with Gasteiger partial charge in [0.05, 0.1) is 73.5 Å². The van der Waals surface area contributed by atoms with Crippen LogP contribution in [0.3, 0.4) is 0 Å². The summed E-state index contributed by atoms with van der Waals surface area (Å²) in [5.41, 5.74) is 14.4. The van der Waals surface area contributed by atoms with Crippen LogP contribution in [0.4, 0.5) is 5.69 Å². The Morgan fingerprint density at radius 1 is 0.242 bits per heavy atom. The molecule has 306 valence electrons. The molecule has 4 heterocycles. The number of fused-ring (bicyclic) bond motifs is 12. The third kappa shape index (κ3) is 4.87. The molecule has 14 aromatic rings.